The number of likely N-dealkylation sites (tertiary alicyclic amines) is 1. The van der Waals surface area contributed by atoms with Crippen molar-refractivity contribution < 1.29 is 19.1 Å². The van der Waals surface area contributed by atoms with E-state index in [0.29, 0.717) is 23.6 Å². The first-order valence-corrected chi connectivity index (χ1v) is 9.94. The van der Waals surface area contributed by atoms with Gasteiger partial charge in [0.25, 0.3) is 5.91 Å². The number of ether oxygens (including phenoxy) is 2. The van der Waals surface area contributed by atoms with Crippen LogP contribution in [0.3, 0.4) is 0 Å². The highest BCUT2D eigenvalue weighted by molar-refractivity contribution is 6.30. The molecule has 0 saturated carbocycles. The van der Waals surface area contributed by atoms with E-state index < -0.39 is 0 Å². The number of halogens is 1. The number of esters is 1. The van der Waals surface area contributed by atoms with Gasteiger partial charge in [0.15, 0.2) is 0 Å². The van der Waals surface area contributed by atoms with Crippen LogP contribution < -0.4 is 4.74 Å². The van der Waals surface area contributed by atoms with Crippen molar-refractivity contribution in [2.24, 2.45) is 5.92 Å². The van der Waals surface area contributed by atoms with Crippen molar-refractivity contribution in [1.82, 2.24) is 4.90 Å². The van der Waals surface area contributed by atoms with Gasteiger partial charge in [-0.2, -0.15) is 0 Å². The fourth-order valence-electron chi connectivity index (χ4n) is 3.63. The van der Waals surface area contributed by atoms with E-state index in [9.17, 15) is 9.59 Å². The summed E-state index contributed by atoms with van der Waals surface area (Å²) in [6.07, 6.45) is 2.70. The molecule has 0 radical (unpaired) electrons. The minimum absolute atomic E-state index is 0.0673. The SMILES string of the molecule is O=C(OCc1ccc(C(=O)N2CCCC2)cc1)[C@H]1COc2ccc(Cl)cc2C1. The molecule has 2 aromatic rings. The van der Waals surface area contributed by atoms with E-state index in [2.05, 4.69) is 0 Å². The summed E-state index contributed by atoms with van der Waals surface area (Å²) in [5.41, 5.74) is 2.45. The van der Waals surface area contributed by atoms with Crippen molar-refractivity contribution >= 4 is 23.5 Å². The molecule has 0 aliphatic carbocycles. The third kappa shape index (κ3) is 4.14. The second-order valence-corrected chi connectivity index (χ2v) is 7.70. The molecule has 28 heavy (non-hydrogen) atoms. The van der Waals surface area contributed by atoms with Crippen LogP contribution in [-0.4, -0.2) is 36.5 Å². The Labute approximate surface area is 169 Å². The van der Waals surface area contributed by atoms with E-state index >= 15 is 0 Å². The van der Waals surface area contributed by atoms with Gasteiger partial charge in [-0.25, -0.2) is 0 Å². The van der Waals surface area contributed by atoms with Crippen LogP contribution in [0.5, 0.6) is 5.75 Å². The lowest BCUT2D eigenvalue weighted by Gasteiger charge is -2.24. The summed E-state index contributed by atoms with van der Waals surface area (Å²) >= 11 is 6.02. The largest absolute Gasteiger partial charge is 0.492 e. The van der Waals surface area contributed by atoms with Crippen LogP contribution in [0, 0.1) is 5.92 Å². The zero-order valence-electron chi connectivity index (χ0n) is 15.5. The van der Waals surface area contributed by atoms with E-state index in [4.69, 9.17) is 21.1 Å². The number of carbonyl (C=O) groups is 2. The second kappa shape index (κ2) is 8.23. The Balaban J connectivity index is 1.32. The Morgan fingerprint density at radius 3 is 2.61 bits per heavy atom. The Morgan fingerprint density at radius 1 is 1.11 bits per heavy atom. The first-order chi connectivity index (χ1) is 13.6. The van der Waals surface area contributed by atoms with Crippen molar-refractivity contribution in [3.63, 3.8) is 0 Å². The topological polar surface area (TPSA) is 55.8 Å². The van der Waals surface area contributed by atoms with Gasteiger partial charge in [0.05, 0.1) is 5.92 Å². The molecule has 2 aromatic carbocycles. The van der Waals surface area contributed by atoms with Crippen molar-refractivity contribution in [3.8, 4) is 5.75 Å². The Hall–Kier alpha value is -2.53. The van der Waals surface area contributed by atoms with Gasteiger partial charge in [0.2, 0.25) is 0 Å². The summed E-state index contributed by atoms with van der Waals surface area (Å²) < 4.78 is 11.1. The van der Waals surface area contributed by atoms with Crippen molar-refractivity contribution in [2.75, 3.05) is 19.7 Å². The van der Waals surface area contributed by atoms with Crippen LogP contribution in [0.15, 0.2) is 42.5 Å². The standard InChI is InChI=1S/C22H22ClNO4/c23-19-7-8-20-17(12-19)11-18(14-27-20)22(26)28-13-15-3-5-16(6-4-15)21(25)24-9-1-2-10-24/h3-8,12,18H,1-2,9-11,13-14H2/t18-/m1/s1. The molecule has 2 aliphatic rings. The van der Waals surface area contributed by atoms with Crippen LogP contribution in [0.1, 0.15) is 34.3 Å². The number of fused-ring (bicyclic) bond motifs is 1. The van der Waals surface area contributed by atoms with Crippen molar-refractivity contribution in [2.45, 2.75) is 25.9 Å². The Morgan fingerprint density at radius 2 is 1.86 bits per heavy atom. The molecular formula is C22H22ClNO4. The molecule has 146 valence electrons. The highest BCUT2D eigenvalue weighted by Gasteiger charge is 2.27. The zero-order chi connectivity index (χ0) is 19.5. The zero-order valence-corrected chi connectivity index (χ0v) is 16.3. The first-order valence-electron chi connectivity index (χ1n) is 9.56. The normalized spacial score (nSPS) is 18.3. The summed E-state index contributed by atoms with van der Waals surface area (Å²) in [4.78, 5) is 26.7. The number of rotatable bonds is 4. The van der Waals surface area contributed by atoms with Gasteiger partial charge in [-0.15, -0.1) is 0 Å². The van der Waals surface area contributed by atoms with E-state index in [1.165, 1.54) is 0 Å². The number of benzene rings is 2. The summed E-state index contributed by atoms with van der Waals surface area (Å²) in [6.45, 7) is 2.14. The lowest BCUT2D eigenvalue weighted by atomic mass is 9.97. The summed E-state index contributed by atoms with van der Waals surface area (Å²) in [5, 5.41) is 0.625. The quantitative estimate of drug-likeness (QED) is 0.732. The smallest absolute Gasteiger partial charge is 0.313 e. The molecule has 1 saturated heterocycles. The van der Waals surface area contributed by atoms with Gasteiger partial charge in [-0.05, 0) is 60.7 Å². The number of hydrogen-bond acceptors (Lipinski definition) is 4. The van der Waals surface area contributed by atoms with Gasteiger partial charge in [-0.1, -0.05) is 23.7 Å². The van der Waals surface area contributed by atoms with E-state index in [1.54, 1.807) is 18.2 Å². The van der Waals surface area contributed by atoms with Crippen LogP contribution in [0.2, 0.25) is 5.02 Å². The minimum atomic E-state index is -0.345. The predicted molar refractivity (Wildman–Crippen MR) is 106 cm³/mol. The van der Waals surface area contributed by atoms with E-state index in [1.807, 2.05) is 29.2 Å². The van der Waals surface area contributed by atoms with Gasteiger partial charge in [-0.3, -0.25) is 9.59 Å². The lowest BCUT2D eigenvalue weighted by Crippen LogP contribution is -2.29. The molecule has 0 spiro atoms. The fourth-order valence-corrected chi connectivity index (χ4v) is 3.83. The molecule has 0 aromatic heterocycles. The van der Waals surface area contributed by atoms with Crippen LogP contribution in [-0.2, 0) is 22.6 Å². The van der Waals surface area contributed by atoms with Gasteiger partial charge in [0, 0.05) is 23.7 Å². The third-order valence-electron chi connectivity index (χ3n) is 5.24. The third-order valence-corrected chi connectivity index (χ3v) is 5.47. The summed E-state index contributed by atoms with van der Waals surface area (Å²) in [5.74, 6) is 0.203. The highest BCUT2D eigenvalue weighted by atomic mass is 35.5. The molecule has 5 nitrogen and oxygen atoms in total. The average molecular weight is 400 g/mol. The van der Waals surface area contributed by atoms with Crippen molar-refractivity contribution in [1.29, 1.82) is 0 Å². The monoisotopic (exact) mass is 399 g/mol. The maximum absolute atomic E-state index is 12.4. The first kappa shape index (κ1) is 18.8. The fraction of sp³-hybridized carbons (Fsp3) is 0.364. The van der Waals surface area contributed by atoms with Gasteiger partial charge in [0.1, 0.15) is 19.0 Å². The summed E-state index contributed by atoms with van der Waals surface area (Å²) in [7, 11) is 0. The van der Waals surface area contributed by atoms with E-state index in [-0.39, 0.29) is 24.4 Å². The number of hydrogen-bond donors (Lipinski definition) is 0. The summed E-state index contributed by atoms with van der Waals surface area (Å²) in [6, 6.07) is 12.7. The molecule has 0 N–H and O–H groups in total. The van der Waals surface area contributed by atoms with Gasteiger partial charge >= 0.3 is 5.97 Å². The molecule has 4 rings (SSSR count). The van der Waals surface area contributed by atoms with Crippen LogP contribution >= 0.6 is 11.6 Å². The molecule has 0 bridgehead atoms. The molecule has 2 heterocycles. The molecular weight excluding hydrogens is 378 g/mol. The molecule has 6 heteroatoms. The molecule has 1 atom stereocenters. The van der Waals surface area contributed by atoms with Crippen LogP contribution in [0.4, 0.5) is 0 Å². The molecule has 1 amide bonds. The molecule has 2 aliphatic heterocycles. The molecule has 1 fully saturated rings. The number of amides is 1. The maximum Gasteiger partial charge on any atom is 0.313 e. The highest BCUT2D eigenvalue weighted by Crippen LogP contribution is 2.30. The Kier molecular flexibility index (Phi) is 5.53. The van der Waals surface area contributed by atoms with Gasteiger partial charge < -0.3 is 14.4 Å². The maximum atomic E-state index is 12.4. The number of nitrogens with zero attached hydrogens (tertiary/aromatic N) is 1. The van der Waals surface area contributed by atoms with E-state index in [0.717, 1.165) is 42.8 Å². The minimum Gasteiger partial charge on any atom is -0.492 e. The average Bonchev–Trinajstić information content (AvgIpc) is 3.26. The Bertz CT molecular complexity index is 875. The lowest BCUT2D eigenvalue weighted by molar-refractivity contribution is -0.151. The van der Waals surface area contributed by atoms with Crippen LogP contribution in [0.25, 0.3) is 0 Å². The second-order valence-electron chi connectivity index (χ2n) is 7.27. The number of carbonyl (C=O) groups excluding carboxylic acids is 2. The van der Waals surface area contributed by atoms with Crippen molar-refractivity contribution in [3.05, 3.63) is 64.2 Å². The predicted octanol–water partition coefficient (Wildman–Crippen LogP) is 3.87. The molecule has 0 unspecified atom stereocenters.